The molecular weight excluding hydrogens is 267 g/mol. The van der Waals surface area contributed by atoms with Gasteiger partial charge >= 0.3 is 5.97 Å². The highest BCUT2D eigenvalue weighted by molar-refractivity contribution is 7.07. The Bertz CT molecular complexity index is 572. The SMILES string of the molecule is COC(=O)c1cc(NC(C)c2cscn2)ccc1F. The number of nitrogens with one attached hydrogen (secondary N) is 1. The molecule has 100 valence electrons. The molecule has 6 heteroatoms. The van der Waals surface area contributed by atoms with Gasteiger partial charge in [-0.1, -0.05) is 0 Å². The van der Waals surface area contributed by atoms with Crippen LogP contribution in [0.4, 0.5) is 10.1 Å². The first kappa shape index (κ1) is 13.5. The van der Waals surface area contributed by atoms with E-state index in [0.29, 0.717) is 5.69 Å². The molecule has 0 amide bonds. The van der Waals surface area contributed by atoms with Crippen molar-refractivity contribution < 1.29 is 13.9 Å². The van der Waals surface area contributed by atoms with Crippen molar-refractivity contribution in [2.45, 2.75) is 13.0 Å². The molecule has 1 aromatic heterocycles. The second-order valence-corrected chi connectivity index (χ2v) is 4.68. The number of benzene rings is 1. The van der Waals surface area contributed by atoms with E-state index in [1.54, 1.807) is 11.6 Å². The Morgan fingerprint density at radius 3 is 2.95 bits per heavy atom. The van der Waals surface area contributed by atoms with E-state index < -0.39 is 11.8 Å². The largest absolute Gasteiger partial charge is 0.465 e. The van der Waals surface area contributed by atoms with Crippen molar-refractivity contribution in [1.29, 1.82) is 0 Å². The summed E-state index contributed by atoms with van der Waals surface area (Å²) in [5.41, 5.74) is 3.20. The highest BCUT2D eigenvalue weighted by Crippen LogP contribution is 2.21. The fraction of sp³-hybridized carbons (Fsp3) is 0.231. The molecule has 4 nitrogen and oxygen atoms in total. The number of esters is 1. The zero-order valence-corrected chi connectivity index (χ0v) is 11.3. The van der Waals surface area contributed by atoms with Crippen LogP contribution in [-0.2, 0) is 4.74 Å². The molecule has 1 unspecified atom stereocenters. The molecule has 2 aromatic rings. The van der Waals surface area contributed by atoms with Crippen molar-refractivity contribution in [1.82, 2.24) is 4.98 Å². The van der Waals surface area contributed by atoms with E-state index >= 15 is 0 Å². The summed E-state index contributed by atoms with van der Waals surface area (Å²) >= 11 is 1.51. The van der Waals surface area contributed by atoms with E-state index in [0.717, 1.165) is 5.69 Å². The molecule has 0 saturated heterocycles. The number of hydrogen-bond acceptors (Lipinski definition) is 5. The summed E-state index contributed by atoms with van der Waals surface area (Å²) in [5.74, 6) is -1.29. The summed E-state index contributed by atoms with van der Waals surface area (Å²) in [6.45, 7) is 1.94. The monoisotopic (exact) mass is 280 g/mol. The summed E-state index contributed by atoms with van der Waals surface area (Å²) in [4.78, 5) is 15.6. The van der Waals surface area contributed by atoms with Crippen LogP contribution < -0.4 is 5.32 Å². The van der Waals surface area contributed by atoms with Gasteiger partial charge in [0.25, 0.3) is 0 Å². The van der Waals surface area contributed by atoms with E-state index in [4.69, 9.17) is 0 Å². The van der Waals surface area contributed by atoms with Crippen molar-refractivity contribution in [3.05, 3.63) is 46.2 Å². The molecule has 2 rings (SSSR count). The van der Waals surface area contributed by atoms with E-state index in [2.05, 4.69) is 15.0 Å². The highest BCUT2D eigenvalue weighted by Gasteiger charge is 2.14. The average Bonchev–Trinajstić information content (AvgIpc) is 2.94. The second kappa shape index (κ2) is 5.79. The third-order valence-electron chi connectivity index (χ3n) is 2.65. The Balaban J connectivity index is 2.19. The Morgan fingerprint density at radius 2 is 2.32 bits per heavy atom. The quantitative estimate of drug-likeness (QED) is 0.873. The molecule has 0 aliphatic carbocycles. The molecule has 19 heavy (non-hydrogen) atoms. The minimum Gasteiger partial charge on any atom is -0.465 e. The zero-order chi connectivity index (χ0) is 13.8. The Kier molecular flexibility index (Phi) is 4.11. The Labute approximate surface area is 114 Å². The number of methoxy groups -OCH3 is 1. The van der Waals surface area contributed by atoms with Crippen LogP contribution in [-0.4, -0.2) is 18.1 Å². The number of hydrogen-bond donors (Lipinski definition) is 1. The van der Waals surface area contributed by atoms with Crippen LogP contribution in [0, 0.1) is 5.82 Å². The van der Waals surface area contributed by atoms with Crippen LogP contribution >= 0.6 is 11.3 Å². The predicted molar refractivity (Wildman–Crippen MR) is 71.9 cm³/mol. The number of carbonyl (C=O) groups excluding carboxylic acids is 1. The van der Waals surface area contributed by atoms with Gasteiger partial charge in [-0.2, -0.15) is 0 Å². The van der Waals surface area contributed by atoms with Crippen LogP contribution in [0.2, 0.25) is 0 Å². The molecule has 0 spiro atoms. The molecular formula is C13H13FN2O2S. The second-order valence-electron chi connectivity index (χ2n) is 3.97. The van der Waals surface area contributed by atoms with Crippen molar-refractivity contribution >= 4 is 23.0 Å². The number of thiazole rings is 1. The van der Waals surface area contributed by atoms with Gasteiger partial charge in [0.15, 0.2) is 0 Å². The van der Waals surface area contributed by atoms with Crippen molar-refractivity contribution in [2.24, 2.45) is 0 Å². The molecule has 0 fully saturated rings. The normalized spacial score (nSPS) is 11.9. The summed E-state index contributed by atoms with van der Waals surface area (Å²) in [6.07, 6.45) is 0. The van der Waals surface area contributed by atoms with E-state index in [9.17, 15) is 9.18 Å². The van der Waals surface area contributed by atoms with Crippen molar-refractivity contribution in [2.75, 3.05) is 12.4 Å². The lowest BCUT2D eigenvalue weighted by molar-refractivity contribution is 0.0595. The summed E-state index contributed by atoms with van der Waals surface area (Å²) < 4.78 is 18.0. The molecule has 1 atom stereocenters. The van der Waals surface area contributed by atoms with Crippen LogP contribution in [0.5, 0.6) is 0 Å². The van der Waals surface area contributed by atoms with Crippen LogP contribution in [0.3, 0.4) is 0 Å². The number of rotatable bonds is 4. The summed E-state index contributed by atoms with van der Waals surface area (Å²) in [6, 6.07) is 4.22. The maximum absolute atomic E-state index is 13.5. The number of anilines is 1. The molecule has 0 aliphatic heterocycles. The van der Waals surface area contributed by atoms with Gasteiger partial charge in [-0.3, -0.25) is 0 Å². The van der Waals surface area contributed by atoms with Gasteiger partial charge in [-0.05, 0) is 25.1 Å². The maximum atomic E-state index is 13.5. The number of halogens is 1. The van der Waals surface area contributed by atoms with Gasteiger partial charge in [0.2, 0.25) is 0 Å². The van der Waals surface area contributed by atoms with E-state index in [1.165, 1.54) is 30.6 Å². The molecule has 0 bridgehead atoms. The van der Waals surface area contributed by atoms with Gasteiger partial charge in [0.1, 0.15) is 5.82 Å². The zero-order valence-electron chi connectivity index (χ0n) is 10.5. The van der Waals surface area contributed by atoms with Gasteiger partial charge in [-0.25, -0.2) is 14.2 Å². The molecule has 0 radical (unpaired) electrons. The van der Waals surface area contributed by atoms with Crippen LogP contribution in [0.25, 0.3) is 0 Å². The number of ether oxygens (including phenoxy) is 1. The summed E-state index contributed by atoms with van der Waals surface area (Å²) in [7, 11) is 1.22. The lowest BCUT2D eigenvalue weighted by atomic mass is 10.1. The lowest BCUT2D eigenvalue weighted by Crippen LogP contribution is -2.09. The average molecular weight is 280 g/mol. The molecule has 1 N–H and O–H groups in total. The number of aromatic nitrogens is 1. The van der Waals surface area contributed by atoms with Gasteiger partial charge < -0.3 is 10.1 Å². The van der Waals surface area contributed by atoms with Crippen molar-refractivity contribution in [3.8, 4) is 0 Å². The summed E-state index contributed by atoms with van der Waals surface area (Å²) in [5, 5.41) is 5.09. The third kappa shape index (κ3) is 3.08. The van der Waals surface area contributed by atoms with Crippen LogP contribution in [0.1, 0.15) is 29.0 Å². The fourth-order valence-electron chi connectivity index (χ4n) is 1.64. The van der Waals surface area contributed by atoms with Crippen LogP contribution in [0.15, 0.2) is 29.1 Å². The van der Waals surface area contributed by atoms with Gasteiger partial charge in [0, 0.05) is 11.1 Å². The smallest absolute Gasteiger partial charge is 0.340 e. The number of carbonyl (C=O) groups is 1. The first-order valence-corrected chi connectivity index (χ1v) is 6.58. The topological polar surface area (TPSA) is 51.2 Å². The third-order valence-corrected chi connectivity index (χ3v) is 3.25. The Morgan fingerprint density at radius 1 is 1.53 bits per heavy atom. The van der Waals surface area contributed by atoms with Crippen molar-refractivity contribution in [3.63, 3.8) is 0 Å². The Hall–Kier alpha value is -1.95. The van der Waals surface area contributed by atoms with Gasteiger partial charge in [-0.15, -0.1) is 11.3 Å². The first-order chi connectivity index (χ1) is 9.11. The highest BCUT2D eigenvalue weighted by atomic mass is 32.1. The fourth-order valence-corrected chi connectivity index (χ4v) is 2.29. The minimum atomic E-state index is -0.692. The number of nitrogens with zero attached hydrogens (tertiary/aromatic N) is 1. The maximum Gasteiger partial charge on any atom is 0.340 e. The molecule has 0 saturated carbocycles. The predicted octanol–water partition coefficient (Wildman–Crippen LogP) is 3.24. The molecule has 0 aliphatic rings. The van der Waals surface area contributed by atoms with Gasteiger partial charge in [0.05, 0.1) is 29.9 Å². The first-order valence-electron chi connectivity index (χ1n) is 5.64. The minimum absolute atomic E-state index is 0.0257. The van der Waals surface area contributed by atoms with E-state index in [-0.39, 0.29) is 11.6 Å². The lowest BCUT2D eigenvalue weighted by Gasteiger charge is -2.14. The standard InChI is InChI=1S/C13H13FN2O2S/c1-8(12-6-19-7-15-12)16-9-3-4-11(14)10(5-9)13(17)18-2/h3-8,16H,1-2H3. The molecule has 1 aromatic carbocycles. The van der Waals surface area contributed by atoms with E-state index in [1.807, 2.05) is 12.3 Å². The molecule has 1 heterocycles.